The molecule has 5 nitrogen and oxygen atoms in total. The van der Waals surface area contributed by atoms with Crippen LogP contribution in [-0.4, -0.2) is 24.1 Å². The smallest absolute Gasteiger partial charge is 0.238 e. The molecule has 1 spiro atoms. The van der Waals surface area contributed by atoms with Gasteiger partial charge in [-0.3, -0.25) is 4.57 Å². The first-order chi connectivity index (χ1) is 43.1. The topological polar surface area (TPSA) is 48.5 Å². The Hall–Kier alpha value is -11.3. The molecule has 0 unspecified atom stereocenters. The maximum Gasteiger partial charge on any atom is 0.238 e. The van der Waals surface area contributed by atoms with Crippen LogP contribution in [0, 0.1) is 0 Å². The van der Waals surface area contributed by atoms with Crippen molar-refractivity contribution in [3.05, 3.63) is 325 Å². The largest absolute Gasteiger partial charge is 0.309 e. The number of hydrogen-bond acceptors (Lipinski definition) is 3. The molecule has 18 rings (SSSR count). The summed E-state index contributed by atoms with van der Waals surface area (Å²) >= 11 is 0. The normalized spacial score (nSPS) is 13.5. The van der Waals surface area contributed by atoms with Gasteiger partial charge in [-0.15, -0.1) is 0 Å². The van der Waals surface area contributed by atoms with Gasteiger partial charge < -0.3 is 4.57 Å². The van der Waals surface area contributed by atoms with Crippen molar-refractivity contribution < 1.29 is 0 Å². The predicted octanol–water partition coefficient (Wildman–Crippen LogP) is 20.5. The average Bonchev–Trinajstić information content (AvgIpc) is 1.51. The molecule has 3 aliphatic carbocycles. The van der Waals surface area contributed by atoms with Crippen LogP contribution < -0.4 is 0 Å². The zero-order valence-corrected chi connectivity index (χ0v) is 47.4. The van der Waals surface area contributed by atoms with Gasteiger partial charge in [0.15, 0.2) is 11.6 Å². The molecule has 0 aliphatic heterocycles. The van der Waals surface area contributed by atoms with Crippen LogP contribution in [0.15, 0.2) is 297 Å². The van der Waals surface area contributed by atoms with Gasteiger partial charge in [-0.1, -0.05) is 231 Å². The van der Waals surface area contributed by atoms with Crippen molar-refractivity contribution in [2.45, 2.75) is 18.3 Å². The molecule has 0 radical (unpaired) electrons. The number of hydrogen-bond donors (Lipinski definition) is 0. The molecule has 0 saturated carbocycles. The summed E-state index contributed by atoms with van der Waals surface area (Å²) in [5.74, 6) is 1.75. The summed E-state index contributed by atoms with van der Waals surface area (Å²) in [5.41, 5.74) is 26.3. The number of nitrogens with zero attached hydrogens (tertiary/aromatic N) is 5. The van der Waals surface area contributed by atoms with Crippen molar-refractivity contribution in [2.24, 2.45) is 0 Å². The molecule has 5 heteroatoms. The standard InChI is InChI=1S/C82H53N5/c1-5-22-52(23-6-1)59-47-60(53-24-7-2-8-25-53)49-61(48-59)55-28-21-29-58(46-55)80-83-79(54-26-9-3-10-27-54)84-81(85-80)87-76-45-41-57(56-40-44-75-68(50-56)65-34-16-20-39-74(65)86(75)62-30-11-4-12-31-62)51-69(76)66-42-43-73-77(78(66)87)67-35-15-19-38-72(67)82(73)70-36-17-13-32-63(70)64-33-14-18-37-71(64)82/h1-7,9-24,26-51H,8,25H2. The lowest BCUT2D eigenvalue weighted by molar-refractivity contribution is 0.794. The molecule has 12 aromatic carbocycles. The van der Waals surface area contributed by atoms with E-state index in [4.69, 9.17) is 15.0 Å². The molecule has 87 heavy (non-hydrogen) atoms. The van der Waals surface area contributed by atoms with Gasteiger partial charge in [0, 0.05) is 43.9 Å². The first-order valence-corrected chi connectivity index (χ1v) is 30.1. The van der Waals surface area contributed by atoms with Crippen LogP contribution in [0.4, 0.5) is 0 Å². The third kappa shape index (κ3) is 7.49. The molecule has 3 aromatic heterocycles. The Kier molecular flexibility index (Phi) is 11.0. The van der Waals surface area contributed by atoms with E-state index in [1.54, 1.807) is 0 Å². The van der Waals surface area contributed by atoms with Gasteiger partial charge in [0.2, 0.25) is 5.95 Å². The second kappa shape index (κ2) is 19.4. The Balaban J connectivity index is 0.891. The van der Waals surface area contributed by atoms with E-state index in [1.165, 1.54) is 88.6 Å². The van der Waals surface area contributed by atoms with Crippen molar-refractivity contribution in [2.75, 3.05) is 0 Å². The van der Waals surface area contributed by atoms with Crippen molar-refractivity contribution in [1.82, 2.24) is 24.1 Å². The number of benzene rings is 12. The fraction of sp³-hybridized carbons (Fsp3) is 0.0366. The van der Waals surface area contributed by atoms with Gasteiger partial charge in [0.1, 0.15) is 0 Å². The Morgan fingerprint density at radius 2 is 0.839 bits per heavy atom. The number of aromatic nitrogens is 5. The lowest BCUT2D eigenvalue weighted by atomic mass is 9.70. The van der Waals surface area contributed by atoms with Gasteiger partial charge in [-0.05, 0) is 163 Å². The highest BCUT2D eigenvalue weighted by Crippen LogP contribution is 2.64. The summed E-state index contributed by atoms with van der Waals surface area (Å²) < 4.78 is 4.74. The Labute approximate surface area is 503 Å². The maximum atomic E-state index is 5.70. The highest BCUT2D eigenvalue weighted by atomic mass is 15.2. The van der Waals surface area contributed by atoms with Crippen molar-refractivity contribution >= 4 is 49.2 Å². The minimum Gasteiger partial charge on any atom is -0.309 e. The first-order valence-electron chi connectivity index (χ1n) is 30.1. The second-order valence-electron chi connectivity index (χ2n) is 23.3. The van der Waals surface area contributed by atoms with Crippen LogP contribution in [0.5, 0.6) is 0 Å². The summed E-state index contributed by atoms with van der Waals surface area (Å²) in [6, 6.07) is 102. The monoisotopic (exact) mass is 1110 g/mol. The fourth-order valence-corrected chi connectivity index (χ4v) is 14.8. The highest BCUT2D eigenvalue weighted by molar-refractivity contribution is 6.18. The van der Waals surface area contributed by atoms with E-state index in [0.717, 1.165) is 73.7 Å². The second-order valence-corrected chi connectivity index (χ2v) is 23.3. The number of allylic oxidation sites excluding steroid dienone is 4. The van der Waals surface area contributed by atoms with E-state index in [9.17, 15) is 0 Å². The Morgan fingerprint density at radius 1 is 0.322 bits per heavy atom. The Morgan fingerprint density at radius 3 is 1.54 bits per heavy atom. The number of fused-ring (bicyclic) bond motifs is 17. The van der Waals surface area contributed by atoms with Crippen LogP contribution in [-0.2, 0) is 5.41 Å². The van der Waals surface area contributed by atoms with Gasteiger partial charge >= 0.3 is 0 Å². The summed E-state index contributed by atoms with van der Waals surface area (Å²) in [6.45, 7) is 0. The summed E-state index contributed by atoms with van der Waals surface area (Å²) in [7, 11) is 0. The van der Waals surface area contributed by atoms with Crippen LogP contribution in [0.3, 0.4) is 0 Å². The molecule has 406 valence electrons. The zero-order chi connectivity index (χ0) is 57.2. The molecule has 15 aromatic rings. The van der Waals surface area contributed by atoms with E-state index in [1.807, 2.05) is 6.07 Å². The van der Waals surface area contributed by atoms with Crippen LogP contribution >= 0.6 is 0 Å². The molecule has 0 bridgehead atoms. The molecule has 0 atom stereocenters. The SMILES string of the molecule is C1=CCCC(c2cc(-c3ccccc3)cc(-c3cccc(-c4nc(-c5ccccc5)nc(-n5c6ccc(-c7ccc8c(c7)c7ccccc7n8-c7ccccc7)cc6c6ccc7c(c65)-c5ccccc5C75c6ccccc6-c6ccccc65)n4)c3)c2)=C1. The quantitative estimate of drug-likeness (QED) is 0.152. The fourth-order valence-electron chi connectivity index (χ4n) is 14.8. The van der Waals surface area contributed by atoms with Gasteiger partial charge in [0.25, 0.3) is 0 Å². The van der Waals surface area contributed by atoms with Crippen LogP contribution in [0.2, 0.25) is 0 Å². The first kappa shape index (κ1) is 49.2. The highest BCUT2D eigenvalue weighted by Gasteiger charge is 2.52. The third-order valence-electron chi connectivity index (χ3n) is 18.6. The molecule has 0 fully saturated rings. The van der Waals surface area contributed by atoms with E-state index < -0.39 is 5.41 Å². The van der Waals surface area contributed by atoms with Gasteiger partial charge in [-0.25, -0.2) is 4.98 Å². The summed E-state index contributed by atoms with van der Waals surface area (Å²) in [6.07, 6.45) is 8.75. The van der Waals surface area contributed by atoms with E-state index in [-0.39, 0.29) is 0 Å². The van der Waals surface area contributed by atoms with Crippen LogP contribution in [0.1, 0.15) is 40.7 Å². The predicted molar refractivity (Wildman–Crippen MR) is 358 cm³/mol. The molecule has 3 heterocycles. The van der Waals surface area contributed by atoms with Crippen molar-refractivity contribution in [3.8, 4) is 90.0 Å². The zero-order valence-electron chi connectivity index (χ0n) is 47.4. The minimum absolute atomic E-state index is 0.553. The van der Waals surface area contributed by atoms with Crippen LogP contribution in [0.25, 0.3) is 139 Å². The van der Waals surface area contributed by atoms with E-state index in [2.05, 4.69) is 300 Å². The van der Waals surface area contributed by atoms with Crippen molar-refractivity contribution in [1.29, 1.82) is 0 Å². The molecular formula is C82H53N5. The molecule has 0 amide bonds. The van der Waals surface area contributed by atoms with Gasteiger partial charge in [-0.2, -0.15) is 9.97 Å². The molecular weight excluding hydrogens is 1050 g/mol. The number of para-hydroxylation sites is 2. The number of rotatable bonds is 8. The lowest BCUT2D eigenvalue weighted by Gasteiger charge is -2.30. The van der Waals surface area contributed by atoms with Gasteiger partial charge in [0.05, 0.1) is 27.5 Å². The van der Waals surface area contributed by atoms with E-state index >= 15 is 0 Å². The summed E-state index contributed by atoms with van der Waals surface area (Å²) in [4.78, 5) is 16.7. The molecule has 0 saturated heterocycles. The Bertz CT molecular complexity index is 5350. The molecule has 0 N–H and O–H groups in total. The molecule has 3 aliphatic rings. The lowest BCUT2D eigenvalue weighted by Crippen LogP contribution is -2.25. The maximum absolute atomic E-state index is 5.70. The summed E-state index contributed by atoms with van der Waals surface area (Å²) in [5, 5.41) is 4.68. The third-order valence-corrected chi connectivity index (χ3v) is 18.6. The minimum atomic E-state index is -0.560. The van der Waals surface area contributed by atoms with Crippen molar-refractivity contribution in [3.63, 3.8) is 0 Å². The van der Waals surface area contributed by atoms with E-state index in [0.29, 0.717) is 17.6 Å². The average molecular weight is 1110 g/mol.